The molecule has 0 saturated heterocycles. The molecule has 0 atom stereocenters. The molecule has 0 saturated carbocycles. The number of hydrogen-bond donors (Lipinski definition) is 0. The van der Waals surface area contributed by atoms with Crippen molar-refractivity contribution in [3.8, 4) is 17.2 Å². The zero-order valence-corrected chi connectivity index (χ0v) is 10.0. The third-order valence-corrected chi connectivity index (χ3v) is 2.69. The summed E-state index contributed by atoms with van der Waals surface area (Å²) in [5.41, 5.74) is 2.08. The number of aryl methyl sites for hydroxylation is 2. The molecular weight excluding hydrogens is 230 g/mol. The smallest absolute Gasteiger partial charge is 0.200 e. The normalized spacial score (nSPS) is 10.8. The van der Waals surface area contributed by atoms with Crippen molar-refractivity contribution in [1.82, 2.24) is 25.4 Å². The summed E-state index contributed by atoms with van der Waals surface area (Å²) in [7, 11) is 0. The largest absolute Gasteiger partial charge is 0.359 e. The van der Waals surface area contributed by atoms with Crippen LogP contribution < -0.4 is 0 Å². The van der Waals surface area contributed by atoms with E-state index in [4.69, 9.17) is 4.52 Å². The fourth-order valence-electron chi connectivity index (χ4n) is 1.79. The minimum absolute atomic E-state index is 0.579. The summed E-state index contributed by atoms with van der Waals surface area (Å²) >= 11 is 0. The Balaban J connectivity index is 2.15. The summed E-state index contributed by atoms with van der Waals surface area (Å²) in [5, 5.41) is 15.6. The van der Waals surface area contributed by atoms with Crippen molar-refractivity contribution in [3.05, 3.63) is 41.7 Å². The molecule has 2 heterocycles. The number of hydrogen-bond acceptors (Lipinski definition) is 5. The van der Waals surface area contributed by atoms with Crippen LogP contribution in [0.25, 0.3) is 17.2 Å². The van der Waals surface area contributed by atoms with Crippen molar-refractivity contribution >= 4 is 0 Å². The van der Waals surface area contributed by atoms with Crippen LogP contribution in [0.3, 0.4) is 0 Å². The summed E-state index contributed by atoms with van der Waals surface area (Å²) in [6, 6.07) is 9.72. The third-order valence-electron chi connectivity index (χ3n) is 2.69. The van der Waals surface area contributed by atoms with E-state index in [1.165, 1.54) is 0 Å². The molecule has 0 radical (unpaired) electrons. The first-order chi connectivity index (χ1) is 8.75. The Morgan fingerprint density at radius 1 is 1.17 bits per heavy atom. The number of nitrogens with zero attached hydrogens (tertiary/aromatic N) is 5. The number of aromatic nitrogens is 5. The summed E-state index contributed by atoms with van der Waals surface area (Å²) in [6.45, 7) is 3.84. The van der Waals surface area contributed by atoms with Gasteiger partial charge in [0.15, 0.2) is 5.82 Å². The summed E-state index contributed by atoms with van der Waals surface area (Å²) in [6.07, 6.45) is 0. The third kappa shape index (κ3) is 1.67. The first-order valence-electron chi connectivity index (χ1n) is 5.54. The maximum Gasteiger partial charge on any atom is 0.200 e. The van der Waals surface area contributed by atoms with Crippen LogP contribution in [0.15, 0.2) is 34.9 Å². The molecule has 0 spiro atoms. The van der Waals surface area contributed by atoms with Gasteiger partial charge in [-0.05, 0) is 29.8 Å². The van der Waals surface area contributed by atoms with Crippen LogP contribution in [0, 0.1) is 13.8 Å². The second-order valence-electron chi connectivity index (χ2n) is 4.02. The van der Waals surface area contributed by atoms with E-state index in [-0.39, 0.29) is 0 Å². The van der Waals surface area contributed by atoms with Crippen molar-refractivity contribution in [3.63, 3.8) is 0 Å². The van der Waals surface area contributed by atoms with Gasteiger partial charge in [0.1, 0.15) is 5.76 Å². The van der Waals surface area contributed by atoms with Gasteiger partial charge in [-0.3, -0.25) is 0 Å². The maximum atomic E-state index is 5.04. The zero-order valence-electron chi connectivity index (χ0n) is 10.0. The first-order valence-corrected chi connectivity index (χ1v) is 5.54. The summed E-state index contributed by atoms with van der Waals surface area (Å²) in [4.78, 5) is 0. The standard InChI is InChI=1S/C12H11N5O/c1-8-5-3-4-6-10(8)12-13-15-16-17(12)11-7-9(2)18-14-11/h3-7H,1-2H3. The van der Waals surface area contributed by atoms with E-state index in [0.29, 0.717) is 11.6 Å². The lowest BCUT2D eigenvalue weighted by Crippen LogP contribution is -2.00. The van der Waals surface area contributed by atoms with Gasteiger partial charge >= 0.3 is 0 Å². The predicted octanol–water partition coefficient (Wildman–Crippen LogP) is 1.93. The highest BCUT2D eigenvalue weighted by atomic mass is 16.5. The van der Waals surface area contributed by atoms with Crippen LogP contribution in [-0.4, -0.2) is 25.4 Å². The Kier molecular flexibility index (Phi) is 2.40. The van der Waals surface area contributed by atoms with Gasteiger partial charge in [0.2, 0.25) is 5.82 Å². The second-order valence-corrected chi connectivity index (χ2v) is 4.02. The van der Waals surface area contributed by atoms with Crippen molar-refractivity contribution in [2.45, 2.75) is 13.8 Å². The minimum Gasteiger partial charge on any atom is -0.359 e. The molecule has 0 unspecified atom stereocenters. The van der Waals surface area contributed by atoms with Gasteiger partial charge in [0.05, 0.1) is 0 Å². The molecule has 0 fully saturated rings. The fraction of sp³-hybridized carbons (Fsp3) is 0.167. The van der Waals surface area contributed by atoms with Crippen LogP contribution in [-0.2, 0) is 0 Å². The lowest BCUT2D eigenvalue weighted by molar-refractivity contribution is 0.393. The molecule has 6 nitrogen and oxygen atoms in total. The molecule has 2 aromatic heterocycles. The number of benzene rings is 1. The number of tetrazole rings is 1. The molecule has 6 heteroatoms. The molecule has 90 valence electrons. The molecule has 0 aliphatic rings. The van der Waals surface area contributed by atoms with Gasteiger partial charge < -0.3 is 4.52 Å². The van der Waals surface area contributed by atoms with E-state index in [0.717, 1.165) is 16.9 Å². The highest BCUT2D eigenvalue weighted by Gasteiger charge is 2.14. The topological polar surface area (TPSA) is 69.6 Å². The Morgan fingerprint density at radius 2 is 2.00 bits per heavy atom. The lowest BCUT2D eigenvalue weighted by atomic mass is 10.1. The van der Waals surface area contributed by atoms with Gasteiger partial charge in [-0.1, -0.05) is 29.4 Å². The monoisotopic (exact) mass is 241 g/mol. The van der Waals surface area contributed by atoms with Gasteiger partial charge in [-0.15, -0.1) is 5.10 Å². The van der Waals surface area contributed by atoms with E-state index in [1.807, 2.05) is 38.1 Å². The average Bonchev–Trinajstić information content (AvgIpc) is 2.98. The number of rotatable bonds is 2. The molecular formula is C12H11N5O. The van der Waals surface area contributed by atoms with Crippen molar-refractivity contribution in [2.75, 3.05) is 0 Å². The van der Waals surface area contributed by atoms with Crippen LogP contribution in [0.2, 0.25) is 0 Å². The van der Waals surface area contributed by atoms with E-state index in [2.05, 4.69) is 20.7 Å². The first kappa shape index (κ1) is 10.6. The molecule has 0 N–H and O–H groups in total. The predicted molar refractivity (Wildman–Crippen MR) is 64.1 cm³/mol. The Bertz CT molecular complexity index is 685. The molecule has 1 aromatic carbocycles. The van der Waals surface area contributed by atoms with E-state index < -0.39 is 0 Å². The molecule has 3 aromatic rings. The quantitative estimate of drug-likeness (QED) is 0.685. The summed E-state index contributed by atoms with van der Waals surface area (Å²) < 4.78 is 6.61. The highest BCUT2D eigenvalue weighted by Crippen LogP contribution is 2.22. The van der Waals surface area contributed by atoms with E-state index in [1.54, 1.807) is 10.7 Å². The SMILES string of the molecule is Cc1cc(-n2nnnc2-c2ccccc2C)no1. The van der Waals surface area contributed by atoms with E-state index in [9.17, 15) is 0 Å². The fourth-order valence-corrected chi connectivity index (χ4v) is 1.79. The molecule has 0 aliphatic carbocycles. The zero-order chi connectivity index (χ0) is 12.5. The molecule has 0 bridgehead atoms. The Labute approximate surface area is 103 Å². The lowest BCUT2D eigenvalue weighted by Gasteiger charge is -2.03. The van der Waals surface area contributed by atoms with Crippen LogP contribution in [0.4, 0.5) is 0 Å². The average molecular weight is 241 g/mol. The Morgan fingerprint density at radius 3 is 2.72 bits per heavy atom. The van der Waals surface area contributed by atoms with E-state index >= 15 is 0 Å². The van der Waals surface area contributed by atoms with Gasteiger partial charge in [-0.2, -0.15) is 4.68 Å². The Hall–Kier alpha value is -2.50. The van der Waals surface area contributed by atoms with Crippen molar-refractivity contribution in [1.29, 1.82) is 0 Å². The molecule has 3 rings (SSSR count). The molecule has 0 amide bonds. The summed E-state index contributed by atoms with van der Waals surface area (Å²) in [5.74, 6) is 1.95. The maximum absolute atomic E-state index is 5.04. The van der Waals surface area contributed by atoms with Crippen LogP contribution in [0.1, 0.15) is 11.3 Å². The van der Waals surface area contributed by atoms with Crippen LogP contribution >= 0.6 is 0 Å². The minimum atomic E-state index is 0.579. The molecule has 18 heavy (non-hydrogen) atoms. The highest BCUT2D eigenvalue weighted by molar-refractivity contribution is 5.60. The van der Waals surface area contributed by atoms with Gasteiger partial charge in [0.25, 0.3) is 0 Å². The van der Waals surface area contributed by atoms with Crippen LogP contribution in [0.5, 0.6) is 0 Å². The molecule has 0 aliphatic heterocycles. The van der Waals surface area contributed by atoms with Gasteiger partial charge in [0, 0.05) is 11.6 Å². The van der Waals surface area contributed by atoms with Crippen molar-refractivity contribution < 1.29 is 4.52 Å². The second kappa shape index (κ2) is 4.06. The van der Waals surface area contributed by atoms with Crippen molar-refractivity contribution in [2.24, 2.45) is 0 Å². The van der Waals surface area contributed by atoms with Gasteiger partial charge in [-0.25, -0.2) is 0 Å².